The molecule has 0 bridgehead atoms. The second kappa shape index (κ2) is 10.8. The summed E-state index contributed by atoms with van der Waals surface area (Å²) in [6, 6.07) is -3.09. The van der Waals surface area contributed by atoms with E-state index < -0.39 is 98.0 Å². The number of Topliss-reactive ketones (excluding diaryl/α,β-unsaturated/α-hetero) is 1. The lowest BCUT2D eigenvalue weighted by molar-refractivity contribution is -0.326. The normalized spacial score (nSPS) is 51.5. The number of rotatable bonds is 6. The van der Waals surface area contributed by atoms with Crippen molar-refractivity contribution >= 4 is 5.78 Å². The first kappa shape index (κ1) is 26.7. The third kappa shape index (κ3) is 5.21. The van der Waals surface area contributed by atoms with Gasteiger partial charge in [-0.15, -0.1) is 0 Å². The maximum atomic E-state index is 12.0. The highest BCUT2D eigenvalue weighted by atomic mass is 16.7. The SMILES string of the molecule is NC[C@H]1O[C@H](O[C@H]2[C@H](O)[C@@H](O[C@H]3O[C@H](CO)C(=O)[C@H](N)[C@H]3O)[C@H](N)C[C@@H]2N)[C@H](O)[C@@H](O)[C@@H]1O. The standard InChI is InChI=1S/C18H34N4O11/c19-2-6-10(25)12(27)13(28)18(30-6)33-16-5(21)1-4(20)15(14(16)29)32-17-11(26)8(22)9(24)7(3-23)31-17/h4-8,10-18,23,25-29H,1-3,19-22H2/t4-,5+,6-,7-,8+,10-,11-,12+,13-,14-,15+,16-,17-,18-/m1/s1. The molecule has 15 nitrogen and oxygen atoms in total. The molecule has 0 aromatic rings. The largest absolute Gasteiger partial charge is 0.393 e. The highest BCUT2D eigenvalue weighted by Crippen LogP contribution is 2.30. The van der Waals surface area contributed by atoms with Crippen LogP contribution in [-0.4, -0.2) is 135 Å². The Morgan fingerprint density at radius 3 is 1.88 bits per heavy atom. The minimum absolute atomic E-state index is 0.0674. The fourth-order valence-electron chi connectivity index (χ4n) is 4.28. The molecule has 3 aliphatic rings. The van der Waals surface area contributed by atoms with Gasteiger partial charge in [-0.25, -0.2) is 0 Å². The van der Waals surface area contributed by atoms with Gasteiger partial charge in [-0.1, -0.05) is 0 Å². The van der Waals surface area contributed by atoms with Crippen LogP contribution in [0.4, 0.5) is 0 Å². The maximum Gasteiger partial charge on any atom is 0.187 e. The van der Waals surface area contributed by atoms with Gasteiger partial charge in [0.2, 0.25) is 0 Å². The van der Waals surface area contributed by atoms with Gasteiger partial charge >= 0.3 is 0 Å². The predicted molar refractivity (Wildman–Crippen MR) is 107 cm³/mol. The Kier molecular flexibility index (Phi) is 8.74. The van der Waals surface area contributed by atoms with Gasteiger partial charge in [0.15, 0.2) is 18.4 Å². The molecule has 2 aliphatic heterocycles. The molecule has 2 saturated heterocycles. The molecular weight excluding hydrogens is 448 g/mol. The van der Waals surface area contributed by atoms with Crippen LogP contribution in [0.2, 0.25) is 0 Å². The average molecular weight is 482 g/mol. The van der Waals surface area contributed by atoms with Crippen molar-refractivity contribution in [3.05, 3.63) is 0 Å². The van der Waals surface area contributed by atoms with E-state index in [0.717, 1.165) is 0 Å². The Bertz CT molecular complexity index is 671. The molecule has 0 aromatic heterocycles. The van der Waals surface area contributed by atoms with E-state index >= 15 is 0 Å². The first-order valence-electron chi connectivity index (χ1n) is 10.6. The number of ketones is 1. The lowest BCUT2D eigenvalue weighted by Gasteiger charge is -2.47. The van der Waals surface area contributed by atoms with Crippen LogP contribution in [0, 0.1) is 0 Å². The lowest BCUT2D eigenvalue weighted by atomic mass is 9.84. The van der Waals surface area contributed by atoms with Crippen LogP contribution in [0.1, 0.15) is 6.42 Å². The minimum atomic E-state index is -1.67. The second-order valence-corrected chi connectivity index (χ2v) is 8.60. The van der Waals surface area contributed by atoms with E-state index in [1.165, 1.54) is 0 Å². The van der Waals surface area contributed by atoms with Gasteiger partial charge in [0.05, 0.1) is 12.6 Å². The smallest absolute Gasteiger partial charge is 0.187 e. The van der Waals surface area contributed by atoms with E-state index in [4.69, 9.17) is 41.9 Å². The highest BCUT2D eigenvalue weighted by Gasteiger charge is 2.51. The van der Waals surface area contributed by atoms with Gasteiger partial charge in [-0.2, -0.15) is 0 Å². The molecule has 14 atom stereocenters. The topological polar surface area (TPSA) is 279 Å². The monoisotopic (exact) mass is 482 g/mol. The molecule has 14 N–H and O–H groups in total. The summed E-state index contributed by atoms with van der Waals surface area (Å²) in [7, 11) is 0. The Morgan fingerprint density at radius 1 is 0.818 bits per heavy atom. The summed E-state index contributed by atoms with van der Waals surface area (Å²) >= 11 is 0. The number of carbonyl (C=O) groups excluding carboxylic acids is 1. The molecule has 1 saturated carbocycles. The number of nitrogens with two attached hydrogens (primary N) is 4. The third-order valence-corrected chi connectivity index (χ3v) is 6.30. The summed E-state index contributed by atoms with van der Waals surface area (Å²) in [6.07, 6.45) is -15.6. The quantitative estimate of drug-likeness (QED) is 0.168. The van der Waals surface area contributed by atoms with Crippen molar-refractivity contribution in [2.75, 3.05) is 13.2 Å². The summed E-state index contributed by atoms with van der Waals surface area (Å²) in [4.78, 5) is 12.0. The summed E-state index contributed by atoms with van der Waals surface area (Å²) in [5.74, 6) is -0.708. The molecular formula is C18H34N4O11. The summed E-state index contributed by atoms with van der Waals surface area (Å²) < 4.78 is 22.0. The minimum Gasteiger partial charge on any atom is -0.393 e. The van der Waals surface area contributed by atoms with Crippen LogP contribution in [0.25, 0.3) is 0 Å². The molecule has 1 aliphatic carbocycles. The van der Waals surface area contributed by atoms with Crippen LogP contribution in [0.15, 0.2) is 0 Å². The van der Waals surface area contributed by atoms with Crippen molar-refractivity contribution in [2.24, 2.45) is 22.9 Å². The van der Waals surface area contributed by atoms with Crippen LogP contribution in [0.5, 0.6) is 0 Å². The van der Waals surface area contributed by atoms with Crippen LogP contribution >= 0.6 is 0 Å². The third-order valence-electron chi connectivity index (χ3n) is 6.30. The van der Waals surface area contributed by atoms with E-state index in [1.807, 2.05) is 0 Å². The predicted octanol–water partition coefficient (Wildman–Crippen LogP) is -7.08. The van der Waals surface area contributed by atoms with E-state index in [9.17, 15) is 35.4 Å². The van der Waals surface area contributed by atoms with E-state index in [2.05, 4.69) is 0 Å². The molecule has 2 heterocycles. The zero-order valence-electron chi connectivity index (χ0n) is 17.7. The molecule has 3 rings (SSSR count). The second-order valence-electron chi connectivity index (χ2n) is 8.60. The van der Waals surface area contributed by atoms with Crippen LogP contribution in [-0.2, 0) is 23.7 Å². The molecule has 0 radical (unpaired) electrons. The van der Waals surface area contributed by atoms with Crippen molar-refractivity contribution in [2.45, 2.75) is 92.1 Å². The van der Waals surface area contributed by atoms with Crippen LogP contribution in [0.3, 0.4) is 0 Å². The number of carbonyl (C=O) groups is 1. The summed E-state index contributed by atoms with van der Waals surface area (Å²) in [5, 5.41) is 60.8. The maximum absolute atomic E-state index is 12.0. The van der Waals surface area contributed by atoms with Crippen LogP contribution < -0.4 is 22.9 Å². The Balaban J connectivity index is 1.73. The molecule has 33 heavy (non-hydrogen) atoms. The molecule has 0 amide bonds. The van der Waals surface area contributed by atoms with Crippen molar-refractivity contribution in [1.82, 2.24) is 0 Å². The van der Waals surface area contributed by atoms with E-state index in [-0.39, 0.29) is 13.0 Å². The highest BCUT2D eigenvalue weighted by molar-refractivity contribution is 5.89. The first-order valence-corrected chi connectivity index (χ1v) is 10.6. The van der Waals surface area contributed by atoms with Crippen molar-refractivity contribution in [1.29, 1.82) is 0 Å². The molecule has 0 aromatic carbocycles. The number of ether oxygens (including phenoxy) is 4. The van der Waals surface area contributed by atoms with Gasteiger partial charge in [0.1, 0.15) is 54.9 Å². The Hall–Kier alpha value is -0.890. The lowest BCUT2D eigenvalue weighted by Crippen LogP contribution is -2.68. The Morgan fingerprint density at radius 2 is 1.36 bits per heavy atom. The molecule has 3 fully saturated rings. The first-order chi connectivity index (χ1) is 15.5. The van der Waals surface area contributed by atoms with E-state index in [0.29, 0.717) is 0 Å². The van der Waals surface area contributed by atoms with Crippen molar-refractivity contribution in [3.63, 3.8) is 0 Å². The zero-order chi connectivity index (χ0) is 24.6. The van der Waals surface area contributed by atoms with Crippen molar-refractivity contribution < 1.29 is 54.4 Å². The van der Waals surface area contributed by atoms with Gasteiger partial charge in [-0.3, -0.25) is 4.79 Å². The molecule has 15 heteroatoms. The van der Waals surface area contributed by atoms with E-state index in [1.54, 1.807) is 0 Å². The molecule has 192 valence electrons. The van der Waals surface area contributed by atoms with Crippen molar-refractivity contribution in [3.8, 4) is 0 Å². The fourth-order valence-corrected chi connectivity index (χ4v) is 4.28. The molecule has 0 spiro atoms. The van der Waals surface area contributed by atoms with Gasteiger partial charge in [-0.05, 0) is 6.42 Å². The summed E-state index contributed by atoms with van der Waals surface area (Å²) in [5.41, 5.74) is 23.4. The molecule has 0 unspecified atom stereocenters. The van der Waals surface area contributed by atoms with Gasteiger partial charge in [0, 0.05) is 18.6 Å². The number of hydrogen-bond donors (Lipinski definition) is 10. The van der Waals surface area contributed by atoms with Gasteiger partial charge in [0.25, 0.3) is 0 Å². The average Bonchev–Trinajstić information content (AvgIpc) is 2.79. The fraction of sp³-hybridized carbons (Fsp3) is 0.944. The number of aliphatic hydroxyl groups is 6. The number of hydrogen-bond acceptors (Lipinski definition) is 15. The Labute approximate surface area is 189 Å². The number of aliphatic hydroxyl groups excluding tert-OH is 6. The summed E-state index contributed by atoms with van der Waals surface area (Å²) in [6.45, 7) is -0.870. The zero-order valence-corrected chi connectivity index (χ0v) is 17.7. The van der Waals surface area contributed by atoms with Gasteiger partial charge < -0.3 is 72.5 Å².